The van der Waals surface area contributed by atoms with Crippen LogP contribution in [-0.2, 0) is 11.3 Å². The Morgan fingerprint density at radius 3 is 2.79 bits per heavy atom. The van der Waals surface area contributed by atoms with Crippen LogP contribution >= 0.6 is 0 Å². The molecule has 0 N–H and O–H groups in total. The van der Waals surface area contributed by atoms with E-state index in [2.05, 4.69) is 11.9 Å². The Bertz CT molecular complexity index is 660. The smallest absolute Gasteiger partial charge is 0.254 e. The summed E-state index contributed by atoms with van der Waals surface area (Å²) in [7, 11) is 2.19. The Hall–Kier alpha value is -1.88. The normalized spacial score (nSPS) is 26.6. The third-order valence-electron chi connectivity index (χ3n) is 5.99. The van der Waals surface area contributed by atoms with Crippen molar-refractivity contribution in [3.05, 3.63) is 35.4 Å². The maximum atomic E-state index is 12.6. The zero-order valence-electron chi connectivity index (χ0n) is 14.3. The molecule has 4 rings (SSSR count). The molecule has 0 aromatic heterocycles. The molecule has 0 unspecified atom stereocenters. The first kappa shape index (κ1) is 15.6. The summed E-state index contributed by atoms with van der Waals surface area (Å²) in [5.41, 5.74) is 1.86. The molecular formula is C19H25N3O2. The van der Waals surface area contributed by atoms with Crippen LogP contribution in [0.5, 0.6) is 0 Å². The van der Waals surface area contributed by atoms with Gasteiger partial charge in [0.05, 0.1) is 0 Å². The molecule has 1 aromatic rings. The monoisotopic (exact) mass is 327 g/mol. The minimum absolute atomic E-state index is 0.0630. The van der Waals surface area contributed by atoms with Crippen LogP contribution in [0.15, 0.2) is 24.3 Å². The van der Waals surface area contributed by atoms with Crippen LogP contribution in [0.3, 0.4) is 0 Å². The molecule has 5 nitrogen and oxygen atoms in total. The topological polar surface area (TPSA) is 43.9 Å². The van der Waals surface area contributed by atoms with E-state index < -0.39 is 0 Å². The van der Waals surface area contributed by atoms with Gasteiger partial charge in [0, 0.05) is 50.2 Å². The molecule has 2 atom stereocenters. The lowest BCUT2D eigenvalue weighted by Crippen LogP contribution is -2.41. The van der Waals surface area contributed by atoms with Crippen LogP contribution in [0.25, 0.3) is 0 Å². The van der Waals surface area contributed by atoms with Crippen molar-refractivity contribution in [1.82, 2.24) is 14.7 Å². The summed E-state index contributed by atoms with van der Waals surface area (Å²) in [5, 5.41) is 0. The van der Waals surface area contributed by atoms with E-state index >= 15 is 0 Å². The molecule has 0 radical (unpaired) electrons. The average Bonchev–Trinajstić information content (AvgIpc) is 3.02. The van der Waals surface area contributed by atoms with Crippen LogP contribution in [-0.4, -0.2) is 65.3 Å². The predicted octanol–water partition coefficient (Wildman–Crippen LogP) is 1.73. The summed E-state index contributed by atoms with van der Waals surface area (Å²) in [6.07, 6.45) is 3.97. The van der Waals surface area contributed by atoms with E-state index in [1.807, 2.05) is 29.2 Å². The van der Waals surface area contributed by atoms with E-state index in [9.17, 15) is 9.59 Å². The van der Waals surface area contributed by atoms with Crippen LogP contribution < -0.4 is 0 Å². The molecule has 2 amide bonds. The number of carbonyl (C=O) groups is 2. The quantitative estimate of drug-likeness (QED) is 0.849. The summed E-state index contributed by atoms with van der Waals surface area (Å²) in [6, 6.07) is 8.89. The van der Waals surface area contributed by atoms with E-state index in [0.717, 1.165) is 30.6 Å². The number of likely N-dealkylation sites (N-methyl/N-ethyl adjacent to an activating group) is 1. The third-order valence-corrected chi connectivity index (χ3v) is 5.99. The van der Waals surface area contributed by atoms with Crippen LogP contribution in [0, 0.1) is 0 Å². The zero-order chi connectivity index (χ0) is 16.7. The maximum absolute atomic E-state index is 12.6. The molecule has 3 aliphatic heterocycles. The van der Waals surface area contributed by atoms with Gasteiger partial charge in [-0.2, -0.15) is 0 Å². The van der Waals surface area contributed by atoms with E-state index in [1.165, 1.54) is 12.8 Å². The van der Waals surface area contributed by atoms with Gasteiger partial charge in [-0.15, -0.1) is 0 Å². The summed E-state index contributed by atoms with van der Waals surface area (Å²) >= 11 is 0. The lowest BCUT2D eigenvalue weighted by Gasteiger charge is -2.26. The molecule has 128 valence electrons. The van der Waals surface area contributed by atoms with Gasteiger partial charge in [-0.1, -0.05) is 18.2 Å². The molecule has 1 aromatic carbocycles. The first-order valence-electron chi connectivity index (χ1n) is 9.00. The number of rotatable bonds is 3. The number of hydrogen-bond acceptors (Lipinski definition) is 3. The summed E-state index contributed by atoms with van der Waals surface area (Å²) in [6.45, 7) is 2.86. The van der Waals surface area contributed by atoms with Crippen molar-refractivity contribution in [2.75, 3.05) is 26.7 Å². The molecule has 3 aliphatic rings. The summed E-state index contributed by atoms with van der Waals surface area (Å²) in [4.78, 5) is 31.3. The predicted molar refractivity (Wildman–Crippen MR) is 91.6 cm³/mol. The maximum Gasteiger partial charge on any atom is 0.254 e. The standard InChI is InChI=1S/C19H25N3O2/c1-20-15-6-7-16(20)13-21(10-8-15)18(23)9-11-22-12-14-4-2-3-5-17(14)19(22)24/h2-5,15-16H,6-13H2,1H3/t15-,16+/m1/s1. The zero-order valence-corrected chi connectivity index (χ0v) is 14.3. The second-order valence-electron chi connectivity index (χ2n) is 7.31. The van der Waals surface area contributed by atoms with Gasteiger partial charge in [0.2, 0.25) is 5.91 Å². The van der Waals surface area contributed by atoms with Gasteiger partial charge in [-0.25, -0.2) is 0 Å². The molecule has 2 saturated heterocycles. The van der Waals surface area contributed by atoms with Gasteiger partial charge < -0.3 is 9.80 Å². The van der Waals surface area contributed by atoms with Gasteiger partial charge in [0.25, 0.3) is 5.91 Å². The SMILES string of the molecule is CN1[C@@H]2CC[C@H]1CN(C(=O)CCN1Cc3ccccc3C1=O)CC2. The highest BCUT2D eigenvalue weighted by molar-refractivity contribution is 5.98. The molecule has 3 heterocycles. The molecule has 24 heavy (non-hydrogen) atoms. The van der Waals surface area contributed by atoms with Gasteiger partial charge in [0.1, 0.15) is 0 Å². The van der Waals surface area contributed by atoms with Crippen molar-refractivity contribution in [1.29, 1.82) is 0 Å². The second-order valence-corrected chi connectivity index (χ2v) is 7.31. The Labute approximate surface area is 143 Å². The van der Waals surface area contributed by atoms with Gasteiger partial charge in [-0.05, 0) is 37.9 Å². The molecule has 5 heteroatoms. The number of benzene rings is 1. The fraction of sp³-hybridized carbons (Fsp3) is 0.579. The molecule has 0 aliphatic carbocycles. The lowest BCUT2D eigenvalue weighted by molar-refractivity contribution is -0.131. The third kappa shape index (κ3) is 2.71. The van der Waals surface area contributed by atoms with Crippen molar-refractivity contribution in [3.63, 3.8) is 0 Å². The van der Waals surface area contributed by atoms with Crippen molar-refractivity contribution >= 4 is 11.8 Å². The molecular weight excluding hydrogens is 302 g/mol. The van der Waals surface area contributed by atoms with Gasteiger partial charge in [-0.3, -0.25) is 14.5 Å². The molecule has 0 saturated carbocycles. The van der Waals surface area contributed by atoms with E-state index in [0.29, 0.717) is 31.6 Å². The largest absolute Gasteiger partial charge is 0.341 e. The van der Waals surface area contributed by atoms with Crippen LogP contribution in [0.1, 0.15) is 41.6 Å². The Morgan fingerprint density at radius 2 is 1.96 bits per heavy atom. The molecule has 0 spiro atoms. The second kappa shape index (κ2) is 6.20. The number of hydrogen-bond donors (Lipinski definition) is 0. The molecule has 2 fully saturated rings. The first-order chi connectivity index (χ1) is 11.6. The first-order valence-corrected chi connectivity index (χ1v) is 9.00. The number of carbonyl (C=O) groups excluding carboxylic acids is 2. The Morgan fingerprint density at radius 1 is 1.17 bits per heavy atom. The number of nitrogens with zero attached hydrogens (tertiary/aromatic N) is 3. The highest BCUT2D eigenvalue weighted by Gasteiger charge is 2.36. The lowest BCUT2D eigenvalue weighted by atomic mass is 10.1. The molecule has 2 bridgehead atoms. The van der Waals surface area contributed by atoms with E-state index in [1.54, 1.807) is 4.90 Å². The van der Waals surface area contributed by atoms with E-state index in [-0.39, 0.29) is 11.8 Å². The van der Waals surface area contributed by atoms with Crippen molar-refractivity contribution in [3.8, 4) is 0 Å². The highest BCUT2D eigenvalue weighted by Crippen LogP contribution is 2.29. The average molecular weight is 327 g/mol. The van der Waals surface area contributed by atoms with Crippen LogP contribution in [0.4, 0.5) is 0 Å². The fourth-order valence-corrected chi connectivity index (χ4v) is 4.42. The Kier molecular flexibility index (Phi) is 4.04. The Balaban J connectivity index is 1.34. The number of fused-ring (bicyclic) bond motifs is 3. The van der Waals surface area contributed by atoms with Crippen molar-refractivity contribution in [2.45, 2.75) is 44.3 Å². The van der Waals surface area contributed by atoms with E-state index in [4.69, 9.17) is 0 Å². The van der Waals surface area contributed by atoms with Crippen LogP contribution in [0.2, 0.25) is 0 Å². The summed E-state index contributed by atoms with van der Waals surface area (Å²) in [5.74, 6) is 0.257. The minimum Gasteiger partial charge on any atom is -0.341 e. The van der Waals surface area contributed by atoms with Crippen molar-refractivity contribution in [2.24, 2.45) is 0 Å². The minimum atomic E-state index is 0.0630. The van der Waals surface area contributed by atoms with Gasteiger partial charge >= 0.3 is 0 Å². The van der Waals surface area contributed by atoms with Gasteiger partial charge in [0.15, 0.2) is 0 Å². The van der Waals surface area contributed by atoms with Crippen molar-refractivity contribution < 1.29 is 9.59 Å². The fourth-order valence-electron chi connectivity index (χ4n) is 4.42. The number of amides is 2. The number of likely N-dealkylation sites (tertiary alicyclic amines) is 1. The highest BCUT2D eigenvalue weighted by atomic mass is 16.2. The summed E-state index contributed by atoms with van der Waals surface area (Å²) < 4.78 is 0.